The van der Waals surface area contributed by atoms with Crippen molar-refractivity contribution in [3.05, 3.63) is 82.9 Å². The van der Waals surface area contributed by atoms with Crippen LogP contribution in [-0.4, -0.2) is 46.9 Å². The van der Waals surface area contributed by atoms with E-state index in [1.54, 1.807) is 30.3 Å². The third-order valence-corrected chi connectivity index (χ3v) is 9.28. The average molecular weight is 668 g/mol. The molecular formula is C39H45N3O7. The number of carbonyl (C=O) groups excluding carboxylic acids is 4. The lowest BCUT2D eigenvalue weighted by Crippen LogP contribution is -2.37. The number of ketones is 1. The van der Waals surface area contributed by atoms with Gasteiger partial charge in [-0.3, -0.25) is 14.4 Å². The number of hydrogen-bond acceptors (Lipinski definition) is 6. The number of Topliss-reactive ketones (excluding diaryl/α,β-unsaturated/α-hetero) is 1. The number of benzene rings is 3. The summed E-state index contributed by atoms with van der Waals surface area (Å²) in [6.45, 7) is 7.84. The van der Waals surface area contributed by atoms with E-state index >= 15 is 0 Å². The number of anilines is 2. The molecule has 0 saturated heterocycles. The lowest BCUT2D eigenvalue weighted by atomic mass is 9.77. The van der Waals surface area contributed by atoms with E-state index in [0.29, 0.717) is 43.6 Å². The van der Waals surface area contributed by atoms with Gasteiger partial charge in [-0.05, 0) is 118 Å². The molecule has 1 aliphatic heterocycles. The number of carboxylic acids is 1. The lowest BCUT2D eigenvalue weighted by molar-refractivity contribution is -0.129. The summed E-state index contributed by atoms with van der Waals surface area (Å²) in [4.78, 5) is 62.7. The Kier molecular flexibility index (Phi) is 10.9. The maximum absolute atomic E-state index is 13.8. The molecule has 1 saturated carbocycles. The molecule has 0 spiro atoms. The van der Waals surface area contributed by atoms with E-state index in [1.807, 2.05) is 58.0 Å². The Hall–Kier alpha value is -4.99. The highest BCUT2D eigenvalue weighted by atomic mass is 16.6. The molecule has 3 aromatic carbocycles. The van der Waals surface area contributed by atoms with Crippen molar-refractivity contribution in [1.29, 1.82) is 0 Å². The minimum atomic E-state index is -0.975. The van der Waals surface area contributed by atoms with Gasteiger partial charge in [0.05, 0.1) is 12.0 Å². The highest BCUT2D eigenvalue weighted by Crippen LogP contribution is 2.32. The van der Waals surface area contributed by atoms with E-state index in [1.165, 1.54) is 0 Å². The molecule has 49 heavy (non-hydrogen) atoms. The zero-order valence-corrected chi connectivity index (χ0v) is 28.6. The number of amides is 3. The fraction of sp³-hybridized carbons (Fsp3) is 0.410. The third kappa shape index (κ3) is 9.55. The molecular weight excluding hydrogens is 622 g/mol. The van der Waals surface area contributed by atoms with Gasteiger partial charge in [0.15, 0.2) is 0 Å². The topological polar surface area (TPSA) is 151 Å². The molecule has 0 bridgehead atoms. The fourth-order valence-electron chi connectivity index (χ4n) is 6.66. The number of carboxylic acid groups (broad SMARTS) is 1. The molecule has 0 aromatic heterocycles. The van der Waals surface area contributed by atoms with Crippen molar-refractivity contribution in [2.24, 2.45) is 17.8 Å². The van der Waals surface area contributed by atoms with Crippen molar-refractivity contribution < 1.29 is 33.8 Å². The number of rotatable bonds is 11. The molecule has 1 heterocycles. The Bertz CT molecular complexity index is 1730. The van der Waals surface area contributed by atoms with Crippen LogP contribution in [0.15, 0.2) is 60.7 Å². The van der Waals surface area contributed by atoms with E-state index in [2.05, 4.69) is 16.0 Å². The van der Waals surface area contributed by atoms with Crippen LogP contribution in [0.25, 0.3) is 11.1 Å². The maximum atomic E-state index is 13.8. The molecule has 1 fully saturated rings. The highest BCUT2D eigenvalue weighted by Gasteiger charge is 2.31. The molecule has 1 aliphatic carbocycles. The van der Waals surface area contributed by atoms with Crippen LogP contribution in [0.1, 0.15) is 79.9 Å². The van der Waals surface area contributed by atoms with Gasteiger partial charge in [-0.25, -0.2) is 9.59 Å². The van der Waals surface area contributed by atoms with E-state index in [9.17, 15) is 29.1 Å². The van der Waals surface area contributed by atoms with Crippen LogP contribution in [0.4, 0.5) is 16.2 Å². The summed E-state index contributed by atoms with van der Waals surface area (Å²) in [6, 6.07) is 18.2. The summed E-state index contributed by atoms with van der Waals surface area (Å²) in [7, 11) is 0. The van der Waals surface area contributed by atoms with Crippen molar-refractivity contribution in [2.45, 2.75) is 78.2 Å². The van der Waals surface area contributed by atoms with Crippen molar-refractivity contribution >= 4 is 41.0 Å². The van der Waals surface area contributed by atoms with Crippen LogP contribution in [0, 0.1) is 24.7 Å². The van der Waals surface area contributed by atoms with Gasteiger partial charge >= 0.3 is 12.1 Å². The zero-order valence-electron chi connectivity index (χ0n) is 28.6. The Labute approximate surface area is 287 Å². The summed E-state index contributed by atoms with van der Waals surface area (Å²) in [5, 5.41) is 18.0. The Morgan fingerprint density at radius 3 is 2.33 bits per heavy atom. The molecule has 10 nitrogen and oxygen atoms in total. The molecule has 5 rings (SSSR count). The molecule has 1 atom stereocenters. The minimum absolute atomic E-state index is 0.0608. The summed E-state index contributed by atoms with van der Waals surface area (Å²) in [6.07, 6.45) is 3.32. The first-order chi connectivity index (χ1) is 23.2. The molecule has 3 aromatic rings. The predicted octanol–water partition coefficient (Wildman–Crippen LogP) is 6.94. The van der Waals surface area contributed by atoms with E-state index in [4.69, 9.17) is 4.74 Å². The number of nitrogens with one attached hydrogen (secondary N) is 3. The smallest absolute Gasteiger partial charge is 0.407 e. The summed E-state index contributed by atoms with van der Waals surface area (Å²) < 4.78 is 5.34. The van der Waals surface area contributed by atoms with Crippen molar-refractivity contribution in [1.82, 2.24) is 5.32 Å². The lowest BCUT2D eigenvalue weighted by Gasteiger charge is -2.29. The fourth-order valence-corrected chi connectivity index (χ4v) is 6.66. The van der Waals surface area contributed by atoms with E-state index in [-0.39, 0.29) is 41.4 Å². The molecule has 258 valence electrons. The monoisotopic (exact) mass is 667 g/mol. The van der Waals surface area contributed by atoms with Gasteiger partial charge in [0.2, 0.25) is 11.8 Å². The van der Waals surface area contributed by atoms with Gasteiger partial charge in [0.1, 0.15) is 11.4 Å². The quantitative estimate of drug-likeness (QED) is 0.173. The minimum Gasteiger partial charge on any atom is -0.478 e. The predicted molar refractivity (Wildman–Crippen MR) is 187 cm³/mol. The van der Waals surface area contributed by atoms with Crippen LogP contribution in [0.2, 0.25) is 0 Å². The number of carbonyl (C=O) groups is 5. The van der Waals surface area contributed by atoms with Crippen molar-refractivity contribution in [2.75, 3.05) is 17.2 Å². The number of hydrogen-bond donors (Lipinski definition) is 4. The highest BCUT2D eigenvalue weighted by molar-refractivity contribution is 6.01. The average Bonchev–Trinajstić information content (AvgIpc) is 3.42. The van der Waals surface area contributed by atoms with Crippen LogP contribution in [0.5, 0.6) is 0 Å². The second-order valence-electron chi connectivity index (χ2n) is 14.3. The Morgan fingerprint density at radius 1 is 0.959 bits per heavy atom. The zero-order chi connectivity index (χ0) is 35.3. The normalized spacial score (nSPS) is 17.8. The number of alkyl carbamates (subject to hydrolysis) is 1. The number of fused-ring (bicyclic) bond motifs is 1. The van der Waals surface area contributed by atoms with Crippen molar-refractivity contribution in [3.63, 3.8) is 0 Å². The van der Waals surface area contributed by atoms with Crippen LogP contribution in [-0.2, 0) is 32.0 Å². The second kappa shape index (κ2) is 15.1. The number of aromatic carboxylic acids is 1. The van der Waals surface area contributed by atoms with Crippen LogP contribution >= 0.6 is 0 Å². The third-order valence-electron chi connectivity index (χ3n) is 9.28. The van der Waals surface area contributed by atoms with Gasteiger partial charge in [-0.1, -0.05) is 36.4 Å². The molecule has 10 heteroatoms. The molecule has 3 amide bonds. The Balaban J connectivity index is 1.25. The number of ether oxygens (including phenoxy) is 1. The van der Waals surface area contributed by atoms with E-state index < -0.39 is 23.6 Å². The van der Waals surface area contributed by atoms with Gasteiger partial charge < -0.3 is 25.8 Å². The van der Waals surface area contributed by atoms with Gasteiger partial charge in [-0.15, -0.1) is 0 Å². The standard InChI is InChI=1S/C39H45N3O7/c1-23-17-29(37(46)47)14-16-32(23)26-9-5-24(6-10-26)18-30(36(45)41-31-15-13-28-20-35(44)42-33(28)21-31)19-34(43)27-11-7-25(8-12-27)22-40-38(48)49-39(2,3)4/h5-6,9-10,13-17,21,25,27,30H,7-8,11-12,18-20,22H2,1-4H3,(H,40,48)(H,41,45)(H,42,44)(H,46,47)/t25?,27?,30-/m1/s1. The van der Waals surface area contributed by atoms with Gasteiger partial charge in [0.25, 0.3) is 0 Å². The first-order valence-corrected chi connectivity index (χ1v) is 16.9. The second-order valence-corrected chi connectivity index (χ2v) is 14.3. The molecule has 0 radical (unpaired) electrons. The van der Waals surface area contributed by atoms with Crippen LogP contribution < -0.4 is 16.0 Å². The summed E-state index contributed by atoms with van der Waals surface area (Å²) in [5.74, 6) is -1.78. The first-order valence-electron chi connectivity index (χ1n) is 16.9. The Morgan fingerprint density at radius 2 is 1.67 bits per heavy atom. The summed E-state index contributed by atoms with van der Waals surface area (Å²) in [5.41, 5.74) is 5.35. The van der Waals surface area contributed by atoms with Gasteiger partial charge in [0, 0.05) is 36.2 Å². The van der Waals surface area contributed by atoms with E-state index in [0.717, 1.165) is 40.7 Å². The summed E-state index contributed by atoms with van der Waals surface area (Å²) >= 11 is 0. The molecule has 2 aliphatic rings. The largest absolute Gasteiger partial charge is 0.478 e. The van der Waals surface area contributed by atoms with Gasteiger partial charge in [-0.2, -0.15) is 0 Å². The van der Waals surface area contributed by atoms with Crippen LogP contribution in [0.3, 0.4) is 0 Å². The maximum Gasteiger partial charge on any atom is 0.407 e. The molecule has 4 N–H and O–H groups in total. The number of aryl methyl sites for hydroxylation is 1. The first kappa shape index (κ1) is 35.3. The SMILES string of the molecule is Cc1cc(C(=O)O)ccc1-c1ccc(C[C@H](CC(=O)C2CCC(CNC(=O)OC(C)(C)C)CC2)C(=O)Nc2ccc3c(c2)NC(=O)C3)cc1. The van der Waals surface area contributed by atoms with Crippen molar-refractivity contribution in [3.8, 4) is 11.1 Å². The molecule has 0 unspecified atom stereocenters.